The highest BCUT2D eigenvalue weighted by Gasteiger charge is 2.19. The van der Waals surface area contributed by atoms with Crippen molar-refractivity contribution in [2.75, 3.05) is 26.2 Å². The first kappa shape index (κ1) is 17.7. The highest BCUT2D eigenvalue weighted by molar-refractivity contribution is 9.10. The van der Waals surface area contributed by atoms with Gasteiger partial charge in [0.1, 0.15) is 0 Å². The van der Waals surface area contributed by atoms with E-state index in [0.29, 0.717) is 6.04 Å². The number of aromatic nitrogens is 2. The third-order valence-corrected chi connectivity index (χ3v) is 4.29. The third kappa shape index (κ3) is 4.86. The SMILES string of the molecule is CCCn1ncc(Br)c1C(CCN(CC)CC)NCC. The zero-order valence-corrected chi connectivity index (χ0v) is 14.9. The predicted octanol–water partition coefficient (Wildman–Crippen LogP) is 3.44. The van der Waals surface area contributed by atoms with Crippen molar-refractivity contribution in [2.24, 2.45) is 0 Å². The predicted molar refractivity (Wildman–Crippen MR) is 89.0 cm³/mol. The van der Waals surface area contributed by atoms with Crippen molar-refractivity contribution in [3.8, 4) is 0 Å². The van der Waals surface area contributed by atoms with Crippen molar-refractivity contribution in [3.63, 3.8) is 0 Å². The maximum Gasteiger partial charge on any atom is 0.0696 e. The van der Waals surface area contributed by atoms with E-state index in [2.05, 4.69) is 63.6 Å². The van der Waals surface area contributed by atoms with E-state index in [9.17, 15) is 0 Å². The smallest absolute Gasteiger partial charge is 0.0696 e. The zero-order valence-electron chi connectivity index (χ0n) is 13.3. The van der Waals surface area contributed by atoms with E-state index in [4.69, 9.17) is 0 Å². The largest absolute Gasteiger partial charge is 0.309 e. The Bertz CT molecular complexity index is 374. The van der Waals surface area contributed by atoms with E-state index < -0.39 is 0 Å². The molecule has 20 heavy (non-hydrogen) atoms. The molecule has 0 aliphatic carbocycles. The van der Waals surface area contributed by atoms with E-state index in [1.807, 2.05) is 6.20 Å². The first-order chi connectivity index (χ1) is 9.67. The van der Waals surface area contributed by atoms with Gasteiger partial charge in [-0.25, -0.2) is 0 Å². The van der Waals surface area contributed by atoms with Crippen molar-refractivity contribution >= 4 is 15.9 Å². The molecule has 0 fully saturated rings. The van der Waals surface area contributed by atoms with Crippen molar-refractivity contribution < 1.29 is 0 Å². The van der Waals surface area contributed by atoms with Crippen LogP contribution in [0.4, 0.5) is 0 Å². The fourth-order valence-corrected chi connectivity index (χ4v) is 3.11. The van der Waals surface area contributed by atoms with Gasteiger partial charge in [-0.3, -0.25) is 4.68 Å². The molecule has 1 unspecified atom stereocenters. The van der Waals surface area contributed by atoms with Crippen LogP contribution in [0.25, 0.3) is 0 Å². The highest BCUT2D eigenvalue weighted by Crippen LogP contribution is 2.26. The van der Waals surface area contributed by atoms with Crippen LogP contribution in [0.5, 0.6) is 0 Å². The van der Waals surface area contributed by atoms with Crippen LogP contribution in [0.2, 0.25) is 0 Å². The fourth-order valence-electron chi connectivity index (χ4n) is 2.54. The van der Waals surface area contributed by atoms with Crippen molar-refractivity contribution in [1.29, 1.82) is 0 Å². The monoisotopic (exact) mass is 344 g/mol. The van der Waals surface area contributed by atoms with Gasteiger partial charge in [0.2, 0.25) is 0 Å². The summed E-state index contributed by atoms with van der Waals surface area (Å²) in [5.74, 6) is 0. The van der Waals surface area contributed by atoms with E-state index in [0.717, 1.165) is 50.0 Å². The van der Waals surface area contributed by atoms with Gasteiger partial charge in [0.05, 0.1) is 22.4 Å². The molecule has 0 radical (unpaired) electrons. The topological polar surface area (TPSA) is 33.1 Å². The Morgan fingerprint density at radius 3 is 2.55 bits per heavy atom. The van der Waals surface area contributed by atoms with Crippen LogP contribution < -0.4 is 5.32 Å². The second-order valence-electron chi connectivity index (χ2n) is 5.03. The number of hydrogen-bond donors (Lipinski definition) is 1. The molecule has 116 valence electrons. The van der Waals surface area contributed by atoms with E-state index >= 15 is 0 Å². The lowest BCUT2D eigenvalue weighted by molar-refractivity contribution is 0.279. The molecule has 0 amide bonds. The Morgan fingerprint density at radius 2 is 2.00 bits per heavy atom. The number of hydrogen-bond acceptors (Lipinski definition) is 3. The summed E-state index contributed by atoms with van der Waals surface area (Å²) in [6.07, 6.45) is 4.15. The molecule has 1 heterocycles. The quantitative estimate of drug-likeness (QED) is 0.705. The molecule has 0 bridgehead atoms. The Balaban J connectivity index is 2.81. The van der Waals surface area contributed by atoms with E-state index in [1.54, 1.807) is 0 Å². The zero-order chi connectivity index (χ0) is 15.0. The average molecular weight is 345 g/mol. The van der Waals surface area contributed by atoms with Crippen LogP contribution in [-0.2, 0) is 6.54 Å². The molecule has 1 rings (SSSR count). The lowest BCUT2D eigenvalue weighted by Crippen LogP contribution is -2.31. The van der Waals surface area contributed by atoms with Crippen LogP contribution in [0.1, 0.15) is 52.3 Å². The standard InChI is InChI=1S/C15H29BrN4/c1-5-10-20-15(13(16)12-18-20)14(17-6-2)9-11-19(7-3)8-4/h12,14,17H,5-11H2,1-4H3. The summed E-state index contributed by atoms with van der Waals surface area (Å²) < 4.78 is 3.26. The van der Waals surface area contributed by atoms with Crippen molar-refractivity contribution in [3.05, 3.63) is 16.4 Å². The van der Waals surface area contributed by atoms with Gasteiger partial charge >= 0.3 is 0 Å². The lowest BCUT2D eigenvalue weighted by atomic mass is 10.1. The molecule has 4 nitrogen and oxygen atoms in total. The molecule has 1 atom stereocenters. The maximum absolute atomic E-state index is 4.49. The van der Waals surface area contributed by atoms with Gasteiger partial charge < -0.3 is 10.2 Å². The average Bonchev–Trinajstić information content (AvgIpc) is 2.80. The summed E-state index contributed by atoms with van der Waals surface area (Å²) in [6, 6.07) is 0.365. The van der Waals surface area contributed by atoms with Gasteiger partial charge in [0.25, 0.3) is 0 Å². The molecular weight excluding hydrogens is 316 g/mol. The molecule has 0 aliphatic heterocycles. The van der Waals surface area contributed by atoms with Gasteiger partial charge in [-0.15, -0.1) is 0 Å². The second kappa shape index (κ2) is 9.53. The van der Waals surface area contributed by atoms with Gasteiger partial charge in [0, 0.05) is 6.54 Å². The number of nitrogens with zero attached hydrogens (tertiary/aromatic N) is 3. The number of halogens is 1. The van der Waals surface area contributed by atoms with Crippen LogP contribution in [0, 0.1) is 0 Å². The summed E-state index contributed by atoms with van der Waals surface area (Å²) in [5, 5.41) is 8.10. The van der Waals surface area contributed by atoms with Crippen LogP contribution >= 0.6 is 15.9 Å². The summed E-state index contributed by atoms with van der Waals surface area (Å²) in [7, 11) is 0. The molecule has 0 aromatic carbocycles. The van der Waals surface area contributed by atoms with Gasteiger partial charge in [-0.05, 0) is 55.0 Å². The first-order valence-corrected chi connectivity index (χ1v) is 8.63. The minimum Gasteiger partial charge on any atom is -0.309 e. The molecule has 1 N–H and O–H groups in total. The molecule has 1 aromatic rings. The van der Waals surface area contributed by atoms with Gasteiger partial charge in [-0.1, -0.05) is 27.7 Å². The van der Waals surface area contributed by atoms with E-state index in [1.165, 1.54) is 5.69 Å². The second-order valence-corrected chi connectivity index (χ2v) is 5.88. The Morgan fingerprint density at radius 1 is 1.30 bits per heavy atom. The minimum atomic E-state index is 0.365. The van der Waals surface area contributed by atoms with Crippen molar-refractivity contribution in [1.82, 2.24) is 20.0 Å². The molecule has 1 aromatic heterocycles. The Hall–Kier alpha value is -0.390. The van der Waals surface area contributed by atoms with Crippen LogP contribution in [0.15, 0.2) is 10.7 Å². The summed E-state index contributed by atoms with van der Waals surface area (Å²) in [4.78, 5) is 2.47. The van der Waals surface area contributed by atoms with Crippen LogP contribution in [0.3, 0.4) is 0 Å². The molecule has 5 heteroatoms. The van der Waals surface area contributed by atoms with E-state index in [-0.39, 0.29) is 0 Å². The number of aryl methyl sites for hydroxylation is 1. The Labute approximate surface area is 132 Å². The first-order valence-electron chi connectivity index (χ1n) is 7.84. The summed E-state index contributed by atoms with van der Waals surface area (Å²) in [6.45, 7) is 14.1. The number of rotatable bonds is 10. The summed E-state index contributed by atoms with van der Waals surface area (Å²) >= 11 is 3.66. The highest BCUT2D eigenvalue weighted by atomic mass is 79.9. The molecule has 0 aliphatic rings. The Kier molecular flexibility index (Phi) is 8.41. The van der Waals surface area contributed by atoms with Crippen molar-refractivity contribution in [2.45, 2.75) is 53.1 Å². The van der Waals surface area contributed by atoms with Gasteiger partial charge in [0.15, 0.2) is 0 Å². The molecule has 0 saturated heterocycles. The summed E-state index contributed by atoms with van der Waals surface area (Å²) in [5.41, 5.74) is 1.29. The minimum absolute atomic E-state index is 0.365. The van der Waals surface area contributed by atoms with Crippen LogP contribution in [-0.4, -0.2) is 40.9 Å². The molecular formula is C15H29BrN4. The molecule has 0 spiro atoms. The molecule has 0 saturated carbocycles. The lowest BCUT2D eigenvalue weighted by Gasteiger charge is -2.24. The fraction of sp³-hybridized carbons (Fsp3) is 0.800. The number of nitrogens with one attached hydrogen (secondary N) is 1. The third-order valence-electron chi connectivity index (χ3n) is 3.68. The normalized spacial score (nSPS) is 13.1. The maximum atomic E-state index is 4.49. The van der Waals surface area contributed by atoms with Gasteiger partial charge in [-0.2, -0.15) is 5.10 Å².